The second kappa shape index (κ2) is 5.89. The molecule has 0 amide bonds. The molecule has 25 heavy (non-hydrogen) atoms. The van der Waals surface area contributed by atoms with Crippen LogP contribution in [0.3, 0.4) is 0 Å². The molecule has 8 heteroatoms. The van der Waals surface area contributed by atoms with Crippen molar-refractivity contribution in [2.45, 2.75) is 17.4 Å². The summed E-state index contributed by atoms with van der Waals surface area (Å²) in [6, 6.07) is 8.18. The van der Waals surface area contributed by atoms with E-state index in [9.17, 15) is 17.9 Å². The van der Waals surface area contributed by atoms with Gasteiger partial charge in [0.05, 0.1) is 16.7 Å². The van der Waals surface area contributed by atoms with Crippen molar-refractivity contribution in [2.24, 2.45) is 0 Å². The first-order valence-electron chi connectivity index (χ1n) is 7.87. The van der Waals surface area contributed by atoms with E-state index in [1.165, 1.54) is 34.6 Å². The first-order valence-corrected chi connectivity index (χ1v) is 9.31. The number of benzene rings is 2. The van der Waals surface area contributed by atoms with Gasteiger partial charge in [-0.2, -0.15) is 0 Å². The van der Waals surface area contributed by atoms with Crippen LogP contribution in [0.1, 0.15) is 18.1 Å². The van der Waals surface area contributed by atoms with E-state index in [1.807, 2.05) is 0 Å². The topological polar surface area (TPSA) is 76.1 Å². The second-order valence-electron chi connectivity index (χ2n) is 5.89. The van der Waals surface area contributed by atoms with E-state index in [0.29, 0.717) is 24.7 Å². The summed E-state index contributed by atoms with van der Waals surface area (Å²) in [4.78, 5) is 0.0587. The van der Waals surface area contributed by atoms with E-state index in [-0.39, 0.29) is 29.1 Å². The molecule has 2 aliphatic heterocycles. The molecule has 0 aromatic heterocycles. The first-order chi connectivity index (χ1) is 12.0. The highest BCUT2D eigenvalue weighted by molar-refractivity contribution is 7.92. The van der Waals surface area contributed by atoms with E-state index >= 15 is 0 Å². The third-order valence-electron chi connectivity index (χ3n) is 4.32. The summed E-state index contributed by atoms with van der Waals surface area (Å²) < 4.78 is 51.7. The molecule has 2 aromatic carbocycles. The summed E-state index contributed by atoms with van der Waals surface area (Å²) in [6.07, 6.45) is -0.697. The van der Waals surface area contributed by atoms with Crippen LogP contribution in [0.25, 0.3) is 0 Å². The molecule has 2 aliphatic rings. The molecule has 1 N–H and O–H groups in total. The molecule has 0 saturated carbocycles. The third-order valence-corrected chi connectivity index (χ3v) is 6.13. The zero-order valence-corrected chi connectivity index (χ0v) is 14.0. The predicted octanol–water partition coefficient (Wildman–Crippen LogP) is 2.23. The van der Waals surface area contributed by atoms with Crippen molar-refractivity contribution in [1.82, 2.24) is 0 Å². The van der Waals surface area contributed by atoms with Crippen LogP contribution in [0.5, 0.6) is 11.5 Å². The predicted molar refractivity (Wildman–Crippen MR) is 87.9 cm³/mol. The Morgan fingerprint density at radius 2 is 1.84 bits per heavy atom. The van der Waals surface area contributed by atoms with Crippen LogP contribution in [-0.4, -0.2) is 33.3 Å². The maximum Gasteiger partial charge on any atom is 0.264 e. The molecule has 4 rings (SSSR count). The molecule has 0 spiro atoms. The Kier molecular flexibility index (Phi) is 3.81. The number of sulfonamides is 1. The van der Waals surface area contributed by atoms with Crippen molar-refractivity contribution in [2.75, 3.05) is 24.1 Å². The number of anilines is 1. The highest BCUT2D eigenvalue weighted by Gasteiger charge is 2.33. The fourth-order valence-electron chi connectivity index (χ4n) is 3.10. The summed E-state index contributed by atoms with van der Waals surface area (Å²) in [6.45, 7) is 0.882. The molecule has 132 valence electrons. The lowest BCUT2D eigenvalue weighted by Gasteiger charge is -2.33. The fourth-order valence-corrected chi connectivity index (χ4v) is 4.62. The average Bonchev–Trinajstić information content (AvgIpc) is 2.62. The Morgan fingerprint density at radius 3 is 2.64 bits per heavy atom. The number of halogens is 1. The molecule has 2 heterocycles. The van der Waals surface area contributed by atoms with Gasteiger partial charge in [0, 0.05) is 18.2 Å². The van der Waals surface area contributed by atoms with Crippen LogP contribution >= 0.6 is 0 Å². The maximum atomic E-state index is 13.5. The number of fused-ring (bicyclic) bond motifs is 2. The van der Waals surface area contributed by atoms with Gasteiger partial charge >= 0.3 is 0 Å². The van der Waals surface area contributed by atoms with Gasteiger partial charge in [-0.25, -0.2) is 12.8 Å². The number of hydrogen-bond acceptors (Lipinski definition) is 5. The zero-order valence-electron chi connectivity index (χ0n) is 13.2. The molecular formula is C17H16FNO5S. The van der Waals surface area contributed by atoms with Gasteiger partial charge in [0.2, 0.25) is 0 Å². The molecule has 0 bridgehead atoms. The highest BCUT2D eigenvalue weighted by atomic mass is 32.2. The van der Waals surface area contributed by atoms with E-state index < -0.39 is 21.9 Å². The van der Waals surface area contributed by atoms with Crippen molar-refractivity contribution in [3.05, 3.63) is 47.8 Å². The van der Waals surface area contributed by atoms with Crippen LogP contribution in [0, 0.1) is 5.82 Å². The Hall–Kier alpha value is -2.32. The van der Waals surface area contributed by atoms with Crippen LogP contribution in [0.4, 0.5) is 10.1 Å². The quantitative estimate of drug-likeness (QED) is 0.883. The van der Waals surface area contributed by atoms with Crippen LogP contribution in [-0.2, 0) is 10.0 Å². The van der Waals surface area contributed by atoms with Crippen molar-refractivity contribution in [3.8, 4) is 11.5 Å². The van der Waals surface area contributed by atoms with Crippen LogP contribution in [0.15, 0.2) is 41.3 Å². The Balaban J connectivity index is 1.78. The Morgan fingerprint density at radius 1 is 1.08 bits per heavy atom. The lowest BCUT2D eigenvalue weighted by Crippen LogP contribution is -2.36. The van der Waals surface area contributed by atoms with E-state index in [4.69, 9.17) is 9.47 Å². The summed E-state index contributed by atoms with van der Waals surface area (Å²) in [5, 5.41) is 10.1. The van der Waals surface area contributed by atoms with Crippen molar-refractivity contribution in [1.29, 1.82) is 0 Å². The number of aliphatic hydroxyl groups excluding tert-OH is 1. The first kappa shape index (κ1) is 16.2. The lowest BCUT2D eigenvalue weighted by atomic mass is 10.0. The minimum Gasteiger partial charge on any atom is -0.486 e. The zero-order chi connectivity index (χ0) is 17.6. The van der Waals surface area contributed by atoms with Gasteiger partial charge in [-0.05, 0) is 36.8 Å². The molecule has 0 saturated heterocycles. The molecular weight excluding hydrogens is 349 g/mol. The number of hydrogen-bond donors (Lipinski definition) is 1. The van der Waals surface area contributed by atoms with E-state index in [1.54, 1.807) is 6.07 Å². The fraction of sp³-hybridized carbons (Fsp3) is 0.294. The molecule has 6 nitrogen and oxygen atoms in total. The minimum atomic E-state index is -3.88. The Labute approximate surface area is 144 Å². The van der Waals surface area contributed by atoms with Gasteiger partial charge in [0.1, 0.15) is 19.0 Å². The SMILES string of the molecule is O=S(=O)(c1ccc2c(c1)OCCO2)N1CCC(O)c2cc(F)ccc21. The number of rotatable bonds is 2. The molecule has 2 aromatic rings. The van der Waals surface area contributed by atoms with Crippen molar-refractivity contribution in [3.63, 3.8) is 0 Å². The summed E-state index contributed by atoms with van der Waals surface area (Å²) in [5.41, 5.74) is 0.558. The van der Waals surface area contributed by atoms with Gasteiger partial charge in [-0.3, -0.25) is 4.31 Å². The molecule has 1 unspecified atom stereocenters. The monoisotopic (exact) mass is 365 g/mol. The second-order valence-corrected chi connectivity index (χ2v) is 7.75. The van der Waals surface area contributed by atoms with Crippen LogP contribution in [0.2, 0.25) is 0 Å². The highest BCUT2D eigenvalue weighted by Crippen LogP contribution is 2.39. The van der Waals surface area contributed by atoms with Gasteiger partial charge in [0.25, 0.3) is 10.0 Å². The number of aliphatic hydroxyl groups is 1. The minimum absolute atomic E-state index is 0.0587. The van der Waals surface area contributed by atoms with Crippen LogP contribution < -0.4 is 13.8 Å². The average molecular weight is 365 g/mol. The molecule has 0 radical (unpaired) electrons. The molecule has 0 fully saturated rings. The Bertz CT molecular complexity index is 931. The standard InChI is InChI=1S/C17H16FNO5S/c18-11-1-3-14-13(9-11)15(20)5-6-19(14)25(21,22)12-2-4-16-17(10-12)24-8-7-23-16/h1-4,9-10,15,20H,5-8H2. The van der Waals surface area contributed by atoms with Gasteiger partial charge in [-0.15, -0.1) is 0 Å². The number of nitrogens with zero attached hydrogens (tertiary/aromatic N) is 1. The largest absolute Gasteiger partial charge is 0.486 e. The van der Waals surface area contributed by atoms with Crippen molar-refractivity contribution >= 4 is 15.7 Å². The van der Waals surface area contributed by atoms with E-state index in [0.717, 1.165) is 0 Å². The lowest BCUT2D eigenvalue weighted by molar-refractivity contribution is 0.166. The van der Waals surface area contributed by atoms with Gasteiger partial charge in [-0.1, -0.05) is 0 Å². The third kappa shape index (κ3) is 2.71. The molecule has 1 atom stereocenters. The molecule has 0 aliphatic carbocycles. The smallest absolute Gasteiger partial charge is 0.264 e. The van der Waals surface area contributed by atoms with E-state index in [2.05, 4.69) is 0 Å². The maximum absolute atomic E-state index is 13.5. The summed E-state index contributed by atoms with van der Waals surface area (Å²) in [7, 11) is -3.88. The summed E-state index contributed by atoms with van der Waals surface area (Å²) in [5.74, 6) is 0.363. The number of ether oxygens (including phenoxy) is 2. The van der Waals surface area contributed by atoms with Gasteiger partial charge in [0.15, 0.2) is 11.5 Å². The summed E-state index contributed by atoms with van der Waals surface area (Å²) >= 11 is 0. The van der Waals surface area contributed by atoms with Crippen molar-refractivity contribution < 1.29 is 27.4 Å². The van der Waals surface area contributed by atoms with Gasteiger partial charge < -0.3 is 14.6 Å². The normalized spacial score (nSPS) is 19.4.